The normalized spacial score (nSPS) is 27.0. The van der Waals surface area contributed by atoms with Gasteiger partial charge in [-0.2, -0.15) is 0 Å². The lowest BCUT2D eigenvalue weighted by Crippen LogP contribution is -2.48. The van der Waals surface area contributed by atoms with E-state index in [4.69, 9.17) is 0 Å². The maximum atomic E-state index is 13.8. The topological polar surface area (TPSA) is 43.9 Å². The minimum atomic E-state index is -0.393. The van der Waals surface area contributed by atoms with Gasteiger partial charge in [-0.15, -0.1) is 0 Å². The van der Waals surface area contributed by atoms with Crippen molar-refractivity contribution in [3.05, 3.63) is 35.6 Å². The molecule has 0 radical (unpaired) electrons. The summed E-state index contributed by atoms with van der Waals surface area (Å²) in [5.74, 6) is 0.351. The molecule has 5 nitrogen and oxygen atoms in total. The lowest BCUT2D eigenvalue weighted by atomic mass is 9.83. The van der Waals surface area contributed by atoms with E-state index in [9.17, 15) is 14.0 Å². The van der Waals surface area contributed by atoms with Crippen molar-refractivity contribution in [1.29, 1.82) is 0 Å². The van der Waals surface area contributed by atoms with Crippen molar-refractivity contribution in [3.63, 3.8) is 0 Å². The van der Waals surface area contributed by atoms with Gasteiger partial charge in [0.05, 0.1) is 12.0 Å². The van der Waals surface area contributed by atoms with Crippen LogP contribution in [0.2, 0.25) is 0 Å². The number of nitrogens with zero attached hydrogens (tertiary/aromatic N) is 3. The zero-order chi connectivity index (χ0) is 19.7. The highest BCUT2D eigenvalue weighted by Crippen LogP contribution is 2.37. The lowest BCUT2D eigenvalue weighted by molar-refractivity contribution is -0.146. The third-order valence-electron chi connectivity index (χ3n) is 6.48. The molecule has 1 aromatic carbocycles. The molecule has 1 saturated carbocycles. The number of amides is 2. The van der Waals surface area contributed by atoms with Crippen molar-refractivity contribution in [2.24, 2.45) is 11.8 Å². The van der Waals surface area contributed by atoms with Crippen LogP contribution in [0.25, 0.3) is 0 Å². The predicted molar refractivity (Wildman–Crippen MR) is 105 cm³/mol. The SMILES string of the molecule is CN1C(=O)CCC(C(=O)N2CCCN(CC3CC3)CC2)C1c1cccc(F)c1. The molecule has 0 N–H and O–H groups in total. The Bertz CT molecular complexity index is 736. The van der Waals surface area contributed by atoms with E-state index in [1.165, 1.54) is 25.0 Å². The highest BCUT2D eigenvalue weighted by Gasteiger charge is 2.41. The number of hydrogen-bond donors (Lipinski definition) is 0. The Morgan fingerprint density at radius 2 is 1.96 bits per heavy atom. The summed E-state index contributed by atoms with van der Waals surface area (Å²) >= 11 is 0. The molecule has 0 spiro atoms. The monoisotopic (exact) mass is 387 g/mol. The second-order valence-electron chi connectivity index (χ2n) is 8.57. The van der Waals surface area contributed by atoms with Crippen molar-refractivity contribution in [2.45, 2.75) is 38.1 Å². The summed E-state index contributed by atoms with van der Waals surface area (Å²) in [6.45, 7) is 4.65. The van der Waals surface area contributed by atoms with Crippen LogP contribution in [0.5, 0.6) is 0 Å². The number of benzene rings is 1. The average molecular weight is 387 g/mol. The molecule has 152 valence electrons. The summed E-state index contributed by atoms with van der Waals surface area (Å²) < 4.78 is 13.8. The second kappa shape index (κ2) is 8.19. The van der Waals surface area contributed by atoms with Gasteiger partial charge >= 0.3 is 0 Å². The standard InChI is InChI=1S/C22H30FN3O2/c1-24-20(27)9-8-19(21(24)17-4-2-5-18(23)14-17)22(28)26-11-3-10-25(12-13-26)15-16-6-7-16/h2,4-5,14,16,19,21H,3,6-13,15H2,1H3. The van der Waals surface area contributed by atoms with Crippen LogP contribution in [0.15, 0.2) is 24.3 Å². The van der Waals surface area contributed by atoms with E-state index in [0.717, 1.165) is 45.1 Å². The minimum Gasteiger partial charge on any atom is -0.341 e. The first-order valence-electron chi connectivity index (χ1n) is 10.5. The van der Waals surface area contributed by atoms with E-state index < -0.39 is 6.04 Å². The number of carbonyl (C=O) groups is 2. The third kappa shape index (κ3) is 4.22. The number of likely N-dealkylation sites (tertiary alicyclic amines) is 1. The molecule has 4 rings (SSSR count). The molecule has 2 saturated heterocycles. The molecule has 6 heteroatoms. The molecule has 0 bridgehead atoms. The van der Waals surface area contributed by atoms with Crippen molar-refractivity contribution in [1.82, 2.24) is 14.7 Å². The molecular formula is C22H30FN3O2. The van der Waals surface area contributed by atoms with E-state index >= 15 is 0 Å². The fourth-order valence-corrected chi connectivity index (χ4v) is 4.72. The van der Waals surface area contributed by atoms with Crippen LogP contribution in [0.1, 0.15) is 43.7 Å². The second-order valence-corrected chi connectivity index (χ2v) is 8.57. The van der Waals surface area contributed by atoms with Crippen LogP contribution < -0.4 is 0 Å². The molecule has 1 aromatic rings. The fraction of sp³-hybridized carbons (Fsp3) is 0.636. The molecule has 2 unspecified atom stereocenters. The van der Waals surface area contributed by atoms with Crippen LogP contribution in [0.3, 0.4) is 0 Å². The molecule has 2 aliphatic heterocycles. The van der Waals surface area contributed by atoms with Crippen molar-refractivity contribution >= 4 is 11.8 Å². The average Bonchev–Trinajstić information content (AvgIpc) is 3.51. The Kier molecular flexibility index (Phi) is 5.67. The number of hydrogen-bond acceptors (Lipinski definition) is 3. The Labute approximate surface area is 166 Å². The smallest absolute Gasteiger partial charge is 0.228 e. The molecular weight excluding hydrogens is 357 g/mol. The first kappa shape index (κ1) is 19.4. The Hall–Kier alpha value is -1.95. The van der Waals surface area contributed by atoms with Gasteiger partial charge in [0.25, 0.3) is 0 Å². The maximum Gasteiger partial charge on any atom is 0.228 e. The number of carbonyl (C=O) groups excluding carboxylic acids is 2. The van der Waals surface area contributed by atoms with Crippen molar-refractivity contribution < 1.29 is 14.0 Å². The summed E-state index contributed by atoms with van der Waals surface area (Å²) in [7, 11) is 1.73. The van der Waals surface area contributed by atoms with Gasteiger partial charge in [-0.05, 0) is 55.8 Å². The first-order valence-corrected chi connectivity index (χ1v) is 10.5. The fourth-order valence-electron chi connectivity index (χ4n) is 4.72. The summed E-state index contributed by atoms with van der Waals surface area (Å²) in [6.07, 6.45) is 4.59. The Morgan fingerprint density at radius 3 is 2.71 bits per heavy atom. The molecule has 2 amide bonds. The van der Waals surface area contributed by atoms with E-state index in [1.807, 2.05) is 11.0 Å². The van der Waals surface area contributed by atoms with Gasteiger partial charge in [-0.25, -0.2) is 4.39 Å². The van der Waals surface area contributed by atoms with Crippen LogP contribution in [0, 0.1) is 17.7 Å². The van der Waals surface area contributed by atoms with Gasteiger partial charge in [0, 0.05) is 39.6 Å². The third-order valence-corrected chi connectivity index (χ3v) is 6.48. The molecule has 1 aliphatic carbocycles. The van der Waals surface area contributed by atoms with E-state index in [0.29, 0.717) is 18.4 Å². The molecule has 28 heavy (non-hydrogen) atoms. The quantitative estimate of drug-likeness (QED) is 0.798. The van der Waals surface area contributed by atoms with Crippen molar-refractivity contribution in [3.8, 4) is 0 Å². The number of halogens is 1. The van der Waals surface area contributed by atoms with E-state index in [-0.39, 0.29) is 23.5 Å². The van der Waals surface area contributed by atoms with E-state index in [1.54, 1.807) is 18.0 Å². The summed E-state index contributed by atoms with van der Waals surface area (Å²) in [5.41, 5.74) is 0.707. The summed E-state index contributed by atoms with van der Waals surface area (Å²) in [4.78, 5) is 31.9. The predicted octanol–water partition coefficient (Wildman–Crippen LogP) is 2.68. The highest BCUT2D eigenvalue weighted by atomic mass is 19.1. The Balaban J connectivity index is 1.50. The van der Waals surface area contributed by atoms with Crippen LogP contribution >= 0.6 is 0 Å². The van der Waals surface area contributed by atoms with Crippen LogP contribution in [-0.2, 0) is 9.59 Å². The van der Waals surface area contributed by atoms with Gasteiger partial charge in [-0.3, -0.25) is 9.59 Å². The summed E-state index contributed by atoms with van der Waals surface area (Å²) in [5, 5.41) is 0. The van der Waals surface area contributed by atoms with E-state index in [2.05, 4.69) is 4.90 Å². The summed E-state index contributed by atoms with van der Waals surface area (Å²) in [6, 6.07) is 5.94. The number of rotatable bonds is 4. The molecule has 3 aliphatic rings. The van der Waals surface area contributed by atoms with Gasteiger partial charge in [0.15, 0.2) is 0 Å². The van der Waals surface area contributed by atoms with Crippen LogP contribution in [-0.4, -0.2) is 66.3 Å². The number of piperidine rings is 1. The first-order chi connectivity index (χ1) is 13.5. The van der Waals surface area contributed by atoms with Gasteiger partial charge in [0.1, 0.15) is 5.82 Å². The highest BCUT2D eigenvalue weighted by molar-refractivity contribution is 5.85. The zero-order valence-electron chi connectivity index (χ0n) is 16.6. The molecule has 3 fully saturated rings. The zero-order valence-corrected chi connectivity index (χ0v) is 16.6. The molecule has 0 aromatic heterocycles. The largest absolute Gasteiger partial charge is 0.341 e. The van der Waals surface area contributed by atoms with Crippen molar-refractivity contribution in [2.75, 3.05) is 39.8 Å². The molecule has 2 atom stereocenters. The van der Waals surface area contributed by atoms with Gasteiger partial charge < -0.3 is 14.7 Å². The van der Waals surface area contributed by atoms with Gasteiger partial charge in [-0.1, -0.05) is 12.1 Å². The maximum absolute atomic E-state index is 13.8. The Morgan fingerprint density at radius 1 is 1.14 bits per heavy atom. The minimum absolute atomic E-state index is 0.0183. The van der Waals surface area contributed by atoms with Gasteiger partial charge in [0.2, 0.25) is 11.8 Å². The molecule has 2 heterocycles. The van der Waals surface area contributed by atoms with Crippen LogP contribution in [0.4, 0.5) is 4.39 Å². The lowest BCUT2D eigenvalue weighted by Gasteiger charge is -2.40.